The van der Waals surface area contributed by atoms with Crippen molar-refractivity contribution in [1.82, 2.24) is 9.80 Å². The van der Waals surface area contributed by atoms with Crippen LogP contribution in [0, 0.1) is 0 Å². The number of carboxylic acid groups (broad SMARTS) is 1. The minimum Gasteiger partial charge on any atom is -0.478 e. The molecule has 4 heteroatoms. The van der Waals surface area contributed by atoms with Crippen molar-refractivity contribution in [3.8, 4) is 0 Å². The first-order valence-electron chi connectivity index (χ1n) is 5.92. The second-order valence-corrected chi connectivity index (χ2v) is 4.48. The third-order valence-corrected chi connectivity index (χ3v) is 3.34. The minimum absolute atomic E-state index is 0.289. The van der Waals surface area contributed by atoms with E-state index in [4.69, 9.17) is 5.11 Å². The molecule has 0 aromatic heterocycles. The van der Waals surface area contributed by atoms with Gasteiger partial charge in [-0.1, -0.05) is 13.5 Å². The van der Waals surface area contributed by atoms with E-state index in [9.17, 15) is 4.79 Å². The molecule has 0 aromatic carbocycles. The van der Waals surface area contributed by atoms with Gasteiger partial charge in [0.05, 0.1) is 0 Å². The van der Waals surface area contributed by atoms with Crippen molar-refractivity contribution >= 4 is 5.97 Å². The van der Waals surface area contributed by atoms with Gasteiger partial charge in [0.25, 0.3) is 0 Å². The van der Waals surface area contributed by atoms with E-state index in [0.29, 0.717) is 12.6 Å². The summed E-state index contributed by atoms with van der Waals surface area (Å²) in [6.07, 6.45) is 1.17. The molecule has 16 heavy (non-hydrogen) atoms. The Balaban J connectivity index is 2.32. The van der Waals surface area contributed by atoms with Crippen LogP contribution < -0.4 is 0 Å². The van der Waals surface area contributed by atoms with Gasteiger partial charge in [-0.2, -0.15) is 0 Å². The van der Waals surface area contributed by atoms with Gasteiger partial charge in [0.15, 0.2) is 0 Å². The molecule has 0 spiro atoms. The van der Waals surface area contributed by atoms with Crippen molar-refractivity contribution in [2.24, 2.45) is 0 Å². The highest BCUT2D eigenvalue weighted by Gasteiger charge is 2.21. The maximum atomic E-state index is 10.7. The zero-order chi connectivity index (χ0) is 12.1. The second kappa shape index (κ2) is 6.01. The van der Waals surface area contributed by atoms with Gasteiger partial charge in [0.1, 0.15) is 0 Å². The smallest absolute Gasteiger partial charge is 0.332 e. The summed E-state index contributed by atoms with van der Waals surface area (Å²) in [4.78, 5) is 15.3. The molecular weight excluding hydrogens is 204 g/mol. The summed E-state index contributed by atoms with van der Waals surface area (Å²) < 4.78 is 0. The number of rotatable bonds is 5. The van der Waals surface area contributed by atoms with Crippen LogP contribution in [0.1, 0.15) is 20.3 Å². The Hall–Kier alpha value is -0.870. The topological polar surface area (TPSA) is 43.8 Å². The summed E-state index contributed by atoms with van der Waals surface area (Å²) in [6.45, 7) is 12.4. The Morgan fingerprint density at radius 2 is 1.94 bits per heavy atom. The second-order valence-electron chi connectivity index (χ2n) is 4.48. The van der Waals surface area contributed by atoms with Gasteiger partial charge in [-0.25, -0.2) is 4.79 Å². The molecule has 1 aliphatic heterocycles. The third-order valence-electron chi connectivity index (χ3n) is 3.34. The van der Waals surface area contributed by atoms with Gasteiger partial charge in [-0.15, -0.1) is 0 Å². The quantitative estimate of drug-likeness (QED) is 0.711. The summed E-state index contributed by atoms with van der Waals surface area (Å²) >= 11 is 0. The number of piperazine rings is 1. The maximum Gasteiger partial charge on any atom is 0.332 e. The van der Waals surface area contributed by atoms with E-state index in [0.717, 1.165) is 26.2 Å². The van der Waals surface area contributed by atoms with Crippen LogP contribution >= 0.6 is 0 Å². The predicted octanol–water partition coefficient (Wildman–Crippen LogP) is 1.04. The molecule has 0 aromatic rings. The van der Waals surface area contributed by atoms with E-state index in [1.165, 1.54) is 6.42 Å². The summed E-state index contributed by atoms with van der Waals surface area (Å²) in [5.74, 6) is -0.885. The fourth-order valence-corrected chi connectivity index (χ4v) is 1.96. The minimum atomic E-state index is -0.885. The molecule has 0 bridgehead atoms. The number of hydrogen-bond donors (Lipinski definition) is 1. The third kappa shape index (κ3) is 3.61. The summed E-state index contributed by atoms with van der Waals surface area (Å²) in [7, 11) is 0. The molecule has 0 amide bonds. The van der Waals surface area contributed by atoms with Crippen molar-refractivity contribution in [3.63, 3.8) is 0 Å². The Kier molecular flexibility index (Phi) is 4.96. The molecule has 4 nitrogen and oxygen atoms in total. The standard InChI is InChI=1S/C12H22N2O2/c1-4-11(3)14-7-5-13(6-8-14)9-10(2)12(15)16/h11H,2,4-9H2,1,3H3,(H,15,16). The van der Waals surface area contributed by atoms with Gasteiger partial charge in [-0.3, -0.25) is 9.80 Å². The Labute approximate surface area is 97.5 Å². The van der Waals surface area contributed by atoms with Gasteiger partial charge < -0.3 is 5.11 Å². The molecule has 1 heterocycles. The lowest BCUT2D eigenvalue weighted by molar-refractivity contribution is -0.132. The summed E-state index contributed by atoms with van der Waals surface area (Å²) in [5, 5.41) is 8.75. The van der Waals surface area contributed by atoms with E-state index in [-0.39, 0.29) is 5.57 Å². The largest absolute Gasteiger partial charge is 0.478 e. The lowest BCUT2D eigenvalue weighted by Crippen LogP contribution is -2.49. The SMILES string of the molecule is C=C(CN1CCN(C(C)CC)CC1)C(=O)O. The first kappa shape index (κ1) is 13.2. The summed E-state index contributed by atoms with van der Waals surface area (Å²) in [5.41, 5.74) is 0.289. The Morgan fingerprint density at radius 3 is 2.38 bits per heavy atom. The van der Waals surface area contributed by atoms with Crippen LogP contribution in [0.2, 0.25) is 0 Å². The number of nitrogens with zero attached hydrogens (tertiary/aromatic N) is 2. The molecule has 1 aliphatic rings. The van der Waals surface area contributed by atoms with Crippen molar-refractivity contribution in [2.75, 3.05) is 32.7 Å². The van der Waals surface area contributed by atoms with Crippen LogP contribution in [0.3, 0.4) is 0 Å². The van der Waals surface area contributed by atoms with E-state index in [1.54, 1.807) is 0 Å². The van der Waals surface area contributed by atoms with Crippen molar-refractivity contribution in [1.29, 1.82) is 0 Å². The van der Waals surface area contributed by atoms with Crippen LogP contribution in [0.5, 0.6) is 0 Å². The number of aliphatic carboxylic acids is 1. The van der Waals surface area contributed by atoms with Crippen molar-refractivity contribution < 1.29 is 9.90 Å². The van der Waals surface area contributed by atoms with E-state index >= 15 is 0 Å². The molecular formula is C12H22N2O2. The fraction of sp³-hybridized carbons (Fsp3) is 0.750. The van der Waals surface area contributed by atoms with Crippen molar-refractivity contribution in [3.05, 3.63) is 12.2 Å². The molecule has 1 fully saturated rings. The normalized spacial score (nSPS) is 20.6. The highest BCUT2D eigenvalue weighted by atomic mass is 16.4. The van der Waals surface area contributed by atoms with Crippen LogP contribution in [-0.2, 0) is 4.79 Å². The number of hydrogen-bond acceptors (Lipinski definition) is 3. The molecule has 92 valence electrons. The average molecular weight is 226 g/mol. The number of carbonyl (C=O) groups is 1. The van der Waals surface area contributed by atoms with E-state index in [2.05, 4.69) is 30.2 Å². The summed E-state index contributed by atoms with van der Waals surface area (Å²) in [6, 6.07) is 0.629. The van der Waals surface area contributed by atoms with Crippen LogP contribution in [0.25, 0.3) is 0 Å². The average Bonchev–Trinajstić information content (AvgIpc) is 2.28. The van der Waals surface area contributed by atoms with E-state index < -0.39 is 5.97 Å². The molecule has 1 atom stereocenters. The first-order chi connectivity index (χ1) is 7.54. The van der Waals surface area contributed by atoms with Crippen LogP contribution in [-0.4, -0.2) is 59.6 Å². The van der Waals surface area contributed by atoms with Crippen LogP contribution in [0.4, 0.5) is 0 Å². The maximum absolute atomic E-state index is 10.7. The number of carboxylic acids is 1. The van der Waals surface area contributed by atoms with Gasteiger partial charge in [0.2, 0.25) is 0 Å². The van der Waals surface area contributed by atoms with E-state index in [1.807, 2.05) is 0 Å². The molecule has 0 aliphatic carbocycles. The Bertz CT molecular complexity index is 258. The predicted molar refractivity (Wildman–Crippen MR) is 64.5 cm³/mol. The molecule has 1 saturated heterocycles. The molecule has 1 unspecified atom stereocenters. The lowest BCUT2D eigenvalue weighted by Gasteiger charge is -2.37. The van der Waals surface area contributed by atoms with Crippen LogP contribution in [0.15, 0.2) is 12.2 Å². The Morgan fingerprint density at radius 1 is 1.38 bits per heavy atom. The first-order valence-corrected chi connectivity index (χ1v) is 5.92. The zero-order valence-electron chi connectivity index (χ0n) is 10.3. The fourth-order valence-electron chi connectivity index (χ4n) is 1.96. The molecule has 1 rings (SSSR count). The highest BCUT2D eigenvalue weighted by molar-refractivity contribution is 5.86. The molecule has 1 N–H and O–H groups in total. The zero-order valence-corrected chi connectivity index (χ0v) is 10.3. The van der Waals surface area contributed by atoms with Gasteiger partial charge in [-0.05, 0) is 13.3 Å². The lowest BCUT2D eigenvalue weighted by atomic mass is 10.2. The molecule has 0 radical (unpaired) electrons. The van der Waals surface area contributed by atoms with Gasteiger partial charge in [0, 0.05) is 44.3 Å². The highest BCUT2D eigenvalue weighted by Crippen LogP contribution is 2.09. The van der Waals surface area contributed by atoms with Gasteiger partial charge >= 0.3 is 5.97 Å². The van der Waals surface area contributed by atoms with Crippen molar-refractivity contribution in [2.45, 2.75) is 26.3 Å². The molecule has 0 saturated carbocycles. The monoisotopic (exact) mass is 226 g/mol.